The number of phenolic OH excluding ortho intramolecular Hbond substituents is 1. The van der Waals surface area contributed by atoms with Crippen molar-refractivity contribution < 1.29 is 19.4 Å². The molecule has 0 saturated carbocycles. The second kappa shape index (κ2) is 8.76. The van der Waals surface area contributed by atoms with Gasteiger partial charge >= 0.3 is 5.97 Å². The maximum absolute atomic E-state index is 13.0. The molecule has 0 saturated heterocycles. The average molecular weight is 431 g/mol. The standard InChI is InChI=1S/C23H17N3O4S/c1-30-23(29)21-17(11-12-31-21)25-26-18-13-14-7-5-6-10-16(14)19(20(18)27)22(28)24-15-8-3-2-4-9-15/h2-13,27H,1H3,(H,24,28). The van der Waals surface area contributed by atoms with Crippen LogP contribution < -0.4 is 5.32 Å². The summed E-state index contributed by atoms with van der Waals surface area (Å²) in [6.45, 7) is 0. The molecule has 0 spiro atoms. The zero-order valence-electron chi connectivity index (χ0n) is 16.4. The Bertz CT molecular complexity index is 1300. The Hall–Kier alpha value is -4.04. The van der Waals surface area contributed by atoms with Crippen LogP contribution in [-0.4, -0.2) is 24.1 Å². The number of aromatic hydroxyl groups is 1. The smallest absolute Gasteiger partial charge is 0.350 e. The maximum Gasteiger partial charge on any atom is 0.350 e. The number of amides is 1. The third-order valence-corrected chi connectivity index (χ3v) is 5.42. The highest BCUT2D eigenvalue weighted by Crippen LogP contribution is 2.38. The highest BCUT2D eigenvalue weighted by molar-refractivity contribution is 7.12. The van der Waals surface area contributed by atoms with Gasteiger partial charge in [0.15, 0.2) is 5.75 Å². The van der Waals surface area contributed by atoms with Crippen molar-refractivity contribution in [3.05, 3.63) is 82.6 Å². The highest BCUT2D eigenvalue weighted by atomic mass is 32.1. The number of fused-ring (bicyclic) bond motifs is 1. The number of azo groups is 1. The molecule has 0 aliphatic heterocycles. The summed E-state index contributed by atoms with van der Waals surface area (Å²) in [7, 11) is 1.29. The summed E-state index contributed by atoms with van der Waals surface area (Å²) in [5.74, 6) is -1.29. The molecule has 0 unspecified atom stereocenters. The van der Waals surface area contributed by atoms with Crippen molar-refractivity contribution in [2.45, 2.75) is 0 Å². The SMILES string of the molecule is COC(=O)c1sccc1N=Nc1cc2ccccc2c(C(=O)Nc2ccccc2)c1O. The van der Waals surface area contributed by atoms with Gasteiger partial charge in [-0.1, -0.05) is 42.5 Å². The molecule has 154 valence electrons. The molecule has 7 nitrogen and oxygen atoms in total. The number of phenols is 1. The first kappa shape index (κ1) is 20.2. The van der Waals surface area contributed by atoms with E-state index in [9.17, 15) is 14.7 Å². The average Bonchev–Trinajstić information content (AvgIpc) is 3.26. The monoisotopic (exact) mass is 431 g/mol. The number of ether oxygens (including phenoxy) is 1. The number of carbonyl (C=O) groups is 2. The number of para-hydroxylation sites is 1. The number of methoxy groups -OCH3 is 1. The van der Waals surface area contributed by atoms with E-state index < -0.39 is 11.9 Å². The van der Waals surface area contributed by atoms with Gasteiger partial charge in [0.2, 0.25) is 0 Å². The van der Waals surface area contributed by atoms with Crippen molar-refractivity contribution in [2.75, 3.05) is 12.4 Å². The third-order valence-electron chi connectivity index (χ3n) is 4.54. The zero-order chi connectivity index (χ0) is 21.8. The van der Waals surface area contributed by atoms with Gasteiger partial charge in [-0.3, -0.25) is 4.79 Å². The summed E-state index contributed by atoms with van der Waals surface area (Å²) in [4.78, 5) is 25.2. The van der Waals surface area contributed by atoms with Crippen molar-refractivity contribution in [3.63, 3.8) is 0 Å². The van der Waals surface area contributed by atoms with E-state index in [1.54, 1.807) is 53.9 Å². The number of thiophene rings is 1. The molecule has 0 aliphatic rings. The van der Waals surface area contributed by atoms with Crippen molar-refractivity contribution in [2.24, 2.45) is 10.2 Å². The van der Waals surface area contributed by atoms with Gasteiger partial charge in [0.1, 0.15) is 16.3 Å². The molecule has 0 radical (unpaired) electrons. The second-order valence-electron chi connectivity index (χ2n) is 6.49. The lowest BCUT2D eigenvalue weighted by Gasteiger charge is -2.12. The number of nitrogens with one attached hydrogen (secondary N) is 1. The second-order valence-corrected chi connectivity index (χ2v) is 7.40. The van der Waals surface area contributed by atoms with E-state index in [1.165, 1.54) is 18.4 Å². The Balaban J connectivity index is 1.77. The number of esters is 1. The molecular formula is C23H17N3O4S. The fourth-order valence-corrected chi connectivity index (χ4v) is 3.82. The highest BCUT2D eigenvalue weighted by Gasteiger charge is 2.20. The summed E-state index contributed by atoms with van der Waals surface area (Å²) >= 11 is 1.18. The molecule has 0 fully saturated rings. The first-order chi connectivity index (χ1) is 15.1. The van der Waals surface area contributed by atoms with Crippen LogP contribution in [0.2, 0.25) is 0 Å². The molecule has 0 aliphatic carbocycles. The van der Waals surface area contributed by atoms with Crippen LogP contribution in [0, 0.1) is 0 Å². The van der Waals surface area contributed by atoms with Gasteiger partial charge in [0, 0.05) is 5.69 Å². The molecule has 3 aromatic carbocycles. The van der Waals surface area contributed by atoms with E-state index in [0.717, 1.165) is 0 Å². The van der Waals surface area contributed by atoms with Crippen molar-refractivity contribution in [3.8, 4) is 5.75 Å². The van der Waals surface area contributed by atoms with Gasteiger partial charge in [0.05, 0.1) is 12.7 Å². The Morgan fingerprint density at radius 2 is 1.68 bits per heavy atom. The van der Waals surface area contributed by atoms with Crippen LogP contribution >= 0.6 is 11.3 Å². The largest absolute Gasteiger partial charge is 0.505 e. The Kier molecular flexibility index (Phi) is 5.72. The van der Waals surface area contributed by atoms with Crippen LogP contribution in [-0.2, 0) is 4.74 Å². The third kappa shape index (κ3) is 4.15. The normalized spacial score (nSPS) is 11.0. The van der Waals surface area contributed by atoms with Gasteiger partial charge in [-0.2, -0.15) is 0 Å². The molecule has 4 aromatic rings. The lowest BCUT2D eigenvalue weighted by Crippen LogP contribution is -2.12. The number of rotatable bonds is 5. The molecule has 1 heterocycles. The first-order valence-electron chi connectivity index (χ1n) is 9.27. The van der Waals surface area contributed by atoms with E-state index >= 15 is 0 Å². The topological polar surface area (TPSA) is 100 Å². The van der Waals surface area contributed by atoms with Crippen molar-refractivity contribution in [1.82, 2.24) is 0 Å². The fraction of sp³-hybridized carbons (Fsp3) is 0.0435. The molecule has 4 rings (SSSR count). The minimum atomic E-state index is -0.519. The molecule has 1 amide bonds. The predicted molar refractivity (Wildman–Crippen MR) is 120 cm³/mol. The lowest BCUT2D eigenvalue weighted by molar-refractivity contribution is 0.0607. The van der Waals surface area contributed by atoms with Crippen LogP contribution in [0.25, 0.3) is 10.8 Å². The van der Waals surface area contributed by atoms with E-state index in [1.807, 2.05) is 18.2 Å². The summed E-state index contributed by atoms with van der Waals surface area (Å²) < 4.78 is 4.74. The van der Waals surface area contributed by atoms with Crippen molar-refractivity contribution >= 4 is 51.0 Å². The van der Waals surface area contributed by atoms with Crippen LogP contribution in [0.15, 0.2) is 82.3 Å². The summed E-state index contributed by atoms with van der Waals surface area (Å²) in [5.41, 5.74) is 1.12. The van der Waals surface area contributed by atoms with Crippen LogP contribution in [0.5, 0.6) is 5.75 Å². The quantitative estimate of drug-likeness (QED) is 0.296. The number of hydrogen-bond acceptors (Lipinski definition) is 7. The molecular weight excluding hydrogens is 414 g/mol. The van der Waals surface area contributed by atoms with Crippen LogP contribution in [0.4, 0.5) is 17.1 Å². The zero-order valence-corrected chi connectivity index (χ0v) is 17.2. The number of anilines is 1. The minimum absolute atomic E-state index is 0.0920. The molecule has 1 aromatic heterocycles. The number of nitrogens with zero attached hydrogens (tertiary/aromatic N) is 2. The van der Waals surface area contributed by atoms with E-state index in [0.29, 0.717) is 27.0 Å². The maximum atomic E-state index is 13.0. The fourth-order valence-electron chi connectivity index (χ4n) is 3.08. The van der Waals surface area contributed by atoms with Crippen LogP contribution in [0.3, 0.4) is 0 Å². The van der Waals surface area contributed by atoms with Gasteiger partial charge in [0.25, 0.3) is 5.91 Å². The minimum Gasteiger partial charge on any atom is -0.505 e. The molecule has 8 heteroatoms. The lowest BCUT2D eigenvalue weighted by atomic mass is 10.0. The van der Waals surface area contributed by atoms with Gasteiger partial charge < -0.3 is 15.2 Å². The van der Waals surface area contributed by atoms with Crippen molar-refractivity contribution in [1.29, 1.82) is 0 Å². The Morgan fingerprint density at radius 1 is 0.968 bits per heavy atom. The summed E-state index contributed by atoms with van der Waals surface area (Å²) in [6, 6.07) is 19.4. The van der Waals surface area contributed by atoms with E-state index in [4.69, 9.17) is 4.74 Å². The molecule has 31 heavy (non-hydrogen) atoms. The van der Waals surface area contributed by atoms with Gasteiger partial charge in [-0.15, -0.1) is 21.6 Å². The molecule has 0 atom stereocenters. The number of hydrogen-bond donors (Lipinski definition) is 2. The first-order valence-corrected chi connectivity index (χ1v) is 10.1. The Labute approximate surface area is 181 Å². The summed E-state index contributed by atoms with van der Waals surface area (Å²) in [6.07, 6.45) is 0. The predicted octanol–water partition coefficient (Wildman–Crippen LogP) is 6.06. The van der Waals surface area contributed by atoms with E-state index in [-0.39, 0.29) is 17.0 Å². The van der Waals surface area contributed by atoms with Gasteiger partial charge in [-0.25, -0.2) is 4.79 Å². The number of benzene rings is 3. The molecule has 2 N–H and O–H groups in total. The summed E-state index contributed by atoms with van der Waals surface area (Å²) in [5, 5.41) is 24.9. The number of carbonyl (C=O) groups excluding carboxylic acids is 2. The Morgan fingerprint density at radius 3 is 2.45 bits per heavy atom. The van der Waals surface area contributed by atoms with E-state index in [2.05, 4.69) is 15.5 Å². The van der Waals surface area contributed by atoms with Crippen LogP contribution in [0.1, 0.15) is 20.0 Å². The molecule has 0 bridgehead atoms. The van der Waals surface area contributed by atoms with Gasteiger partial charge in [-0.05, 0) is 40.4 Å².